The van der Waals surface area contributed by atoms with E-state index >= 15 is 0 Å². The first-order valence-electron chi connectivity index (χ1n) is 6.23. The van der Waals surface area contributed by atoms with E-state index in [2.05, 4.69) is 5.32 Å². The fraction of sp³-hybridized carbons (Fsp3) is 0.200. The number of hydrogen-bond donors (Lipinski definition) is 2. The highest BCUT2D eigenvalue weighted by Crippen LogP contribution is 2.19. The third-order valence-corrected chi connectivity index (χ3v) is 3.22. The van der Waals surface area contributed by atoms with E-state index in [0.29, 0.717) is 5.69 Å². The van der Waals surface area contributed by atoms with Crippen LogP contribution in [0.2, 0.25) is 0 Å². The first-order valence-corrected chi connectivity index (χ1v) is 6.23. The summed E-state index contributed by atoms with van der Waals surface area (Å²) in [6, 6.07) is 8.92. The molecule has 5 heteroatoms. The minimum absolute atomic E-state index is 0.234. The molecule has 1 aromatic heterocycles. The molecular weight excluding hydrogens is 256 g/mol. The normalized spacial score (nSPS) is 10.3. The third-order valence-electron chi connectivity index (χ3n) is 3.22. The summed E-state index contributed by atoms with van der Waals surface area (Å²) in [6.07, 6.45) is 1.58. The second-order valence-electron chi connectivity index (χ2n) is 4.62. The Kier molecular flexibility index (Phi) is 3.89. The van der Waals surface area contributed by atoms with Crippen molar-refractivity contribution >= 4 is 17.6 Å². The van der Waals surface area contributed by atoms with Gasteiger partial charge in [-0.2, -0.15) is 0 Å². The van der Waals surface area contributed by atoms with Gasteiger partial charge < -0.3 is 15.0 Å². The van der Waals surface area contributed by atoms with Crippen LogP contribution in [-0.2, 0) is 11.3 Å². The Balaban J connectivity index is 2.22. The predicted octanol–water partition coefficient (Wildman–Crippen LogP) is 2.44. The molecule has 5 nitrogen and oxygen atoms in total. The van der Waals surface area contributed by atoms with E-state index in [0.717, 1.165) is 16.8 Å². The summed E-state index contributed by atoms with van der Waals surface area (Å²) in [7, 11) is 0. The van der Waals surface area contributed by atoms with Crippen molar-refractivity contribution in [3.63, 3.8) is 0 Å². The number of carboxylic acid groups (broad SMARTS) is 1. The molecular formula is C15H16N2O3. The Morgan fingerprint density at radius 2 is 1.95 bits per heavy atom. The Labute approximate surface area is 116 Å². The van der Waals surface area contributed by atoms with Crippen molar-refractivity contribution in [2.45, 2.75) is 20.4 Å². The van der Waals surface area contributed by atoms with Crippen LogP contribution in [0.15, 0.2) is 36.5 Å². The molecule has 2 rings (SSSR count). The molecule has 0 bridgehead atoms. The van der Waals surface area contributed by atoms with E-state index < -0.39 is 5.97 Å². The van der Waals surface area contributed by atoms with Gasteiger partial charge >= 0.3 is 5.97 Å². The molecule has 0 atom stereocenters. The fourth-order valence-electron chi connectivity index (χ4n) is 1.98. The molecule has 1 heterocycles. The summed E-state index contributed by atoms with van der Waals surface area (Å²) in [5.41, 5.74) is 3.15. The molecule has 1 aromatic carbocycles. The second kappa shape index (κ2) is 5.61. The maximum atomic E-state index is 12.2. The van der Waals surface area contributed by atoms with Crippen LogP contribution in [0.3, 0.4) is 0 Å². The number of amides is 1. The number of aromatic nitrogens is 1. The molecule has 0 saturated carbocycles. The van der Waals surface area contributed by atoms with Crippen LogP contribution >= 0.6 is 0 Å². The molecule has 0 saturated heterocycles. The van der Waals surface area contributed by atoms with E-state index in [9.17, 15) is 9.59 Å². The molecule has 0 fully saturated rings. The van der Waals surface area contributed by atoms with Crippen molar-refractivity contribution in [1.29, 1.82) is 0 Å². The minimum Gasteiger partial charge on any atom is -0.480 e. The zero-order chi connectivity index (χ0) is 14.7. The number of carbonyl (C=O) groups is 2. The largest absolute Gasteiger partial charge is 0.480 e. The van der Waals surface area contributed by atoms with Crippen molar-refractivity contribution in [3.8, 4) is 0 Å². The highest BCUT2D eigenvalue weighted by atomic mass is 16.4. The van der Waals surface area contributed by atoms with Crippen LogP contribution in [0.25, 0.3) is 0 Å². The van der Waals surface area contributed by atoms with Gasteiger partial charge in [-0.3, -0.25) is 9.59 Å². The first kappa shape index (κ1) is 13.9. The number of benzene rings is 1. The summed E-state index contributed by atoms with van der Waals surface area (Å²) in [5, 5.41) is 11.6. The van der Waals surface area contributed by atoms with Gasteiger partial charge in [0.1, 0.15) is 12.2 Å². The van der Waals surface area contributed by atoms with Gasteiger partial charge in [-0.05, 0) is 43.2 Å². The Morgan fingerprint density at radius 3 is 2.65 bits per heavy atom. The first-order chi connectivity index (χ1) is 9.49. The van der Waals surface area contributed by atoms with E-state index in [4.69, 9.17) is 5.11 Å². The number of nitrogens with one attached hydrogen (secondary N) is 1. The summed E-state index contributed by atoms with van der Waals surface area (Å²) in [4.78, 5) is 23.0. The van der Waals surface area contributed by atoms with Crippen LogP contribution in [-0.4, -0.2) is 21.6 Å². The molecule has 0 unspecified atom stereocenters. The third kappa shape index (κ3) is 2.88. The van der Waals surface area contributed by atoms with Crippen molar-refractivity contribution in [2.75, 3.05) is 5.32 Å². The minimum atomic E-state index is -0.984. The lowest BCUT2D eigenvalue weighted by Gasteiger charge is -2.11. The van der Waals surface area contributed by atoms with Gasteiger partial charge in [0.25, 0.3) is 5.91 Å². The lowest BCUT2D eigenvalue weighted by atomic mass is 10.1. The van der Waals surface area contributed by atoms with E-state index in [1.807, 2.05) is 32.0 Å². The molecule has 0 aliphatic rings. The highest BCUT2D eigenvalue weighted by molar-refractivity contribution is 6.03. The quantitative estimate of drug-likeness (QED) is 0.898. The maximum Gasteiger partial charge on any atom is 0.323 e. The molecule has 0 aliphatic carbocycles. The van der Waals surface area contributed by atoms with Crippen molar-refractivity contribution in [3.05, 3.63) is 53.3 Å². The van der Waals surface area contributed by atoms with Gasteiger partial charge in [-0.25, -0.2) is 0 Å². The summed E-state index contributed by atoms with van der Waals surface area (Å²) >= 11 is 0. The lowest BCUT2D eigenvalue weighted by molar-refractivity contribution is -0.137. The fourth-order valence-corrected chi connectivity index (χ4v) is 1.98. The van der Waals surface area contributed by atoms with Crippen LogP contribution in [0, 0.1) is 13.8 Å². The average molecular weight is 272 g/mol. The van der Waals surface area contributed by atoms with Gasteiger partial charge in [0.15, 0.2) is 0 Å². The number of carboxylic acids is 1. The Hall–Kier alpha value is -2.56. The lowest BCUT2D eigenvalue weighted by Crippen LogP contribution is -2.19. The van der Waals surface area contributed by atoms with Gasteiger partial charge in [0.05, 0.1) is 0 Å². The predicted molar refractivity (Wildman–Crippen MR) is 75.9 cm³/mol. The number of aliphatic carboxylic acids is 1. The smallest absolute Gasteiger partial charge is 0.323 e. The number of carbonyl (C=O) groups excluding carboxylic acids is 1. The van der Waals surface area contributed by atoms with Crippen molar-refractivity contribution in [2.24, 2.45) is 0 Å². The molecule has 0 radical (unpaired) electrons. The average Bonchev–Trinajstić information content (AvgIpc) is 2.82. The molecule has 20 heavy (non-hydrogen) atoms. The summed E-state index contributed by atoms with van der Waals surface area (Å²) in [6.45, 7) is 3.67. The van der Waals surface area contributed by atoms with E-state index in [1.54, 1.807) is 18.3 Å². The molecule has 0 aliphatic heterocycles. The van der Waals surface area contributed by atoms with E-state index in [-0.39, 0.29) is 12.5 Å². The standard InChI is InChI=1S/C15H16N2O3/c1-10-5-3-6-12(11(10)2)16-15(20)13-7-4-8-17(13)9-14(18)19/h3-8H,9H2,1-2H3,(H,16,20)(H,18,19). The molecule has 104 valence electrons. The zero-order valence-electron chi connectivity index (χ0n) is 11.4. The number of rotatable bonds is 4. The van der Waals surface area contributed by atoms with Crippen LogP contribution in [0.1, 0.15) is 21.6 Å². The van der Waals surface area contributed by atoms with Gasteiger partial charge in [-0.1, -0.05) is 12.1 Å². The number of aryl methyl sites for hydroxylation is 1. The topological polar surface area (TPSA) is 71.3 Å². The molecule has 2 aromatic rings. The highest BCUT2D eigenvalue weighted by Gasteiger charge is 2.13. The molecule has 1 amide bonds. The maximum absolute atomic E-state index is 12.2. The van der Waals surface area contributed by atoms with Gasteiger partial charge in [0, 0.05) is 11.9 Å². The van der Waals surface area contributed by atoms with E-state index in [1.165, 1.54) is 4.57 Å². The SMILES string of the molecule is Cc1cccc(NC(=O)c2cccn2CC(=O)O)c1C. The summed E-state index contributed by atoms with van der Waals surface area (Å²) < 4.78 is 1.41. The molecule has 0 spiro atoms. The number of hydrogen-bond acceptors (Lipinski definition) is 2. The van der Waals surface area contributed by atoms with Crippen molar-refractivity contribution < 1.29 is 14.7 Å². The zero-order valence-corrected chi connectivity index (χ0v) is 11.4. The van der Waals surface area contributed by atoms with Gasteiger partial charge in [-0.15, -0.1) is 0 Å². The van der Waals surface area contributed by atoms with Crippen LogP contribution < -0.4 is 5.32 Å². The Bertz CT molecular complexity index is 659. The van der Waals surface area contributed by atoms with Crippen LogP contribution in [0.4, 0.5) is 5.69 Å². The van der Waals surface area contributed by atoms with Gasteiger partial charge in [0.2, 0.25) is 0 Å². The van der Waals surface area contributed by atoms with Crippen molar-refractivity contribution in [1.82, 2.24) is 4.57 Å². The second-order valence-corrected chi connectivity index (χ2v) is 4.62. The monoisotopic (exact) mass is 272 g/mol. The Morgan fingerprint density at radius 1 is 1.20 bits per heavy atom. The number of anilines is 1. The number of nitrogens with zero attached hydrogens (tertiary/aromatic N) is 1. The summed E-state index contributed by atoms with van der Waals surface area (Å²) in [5.74, 6) is -1.30. The van der Waals surface area contributed by atoms with Crippen LogP contribution in [0.5, 0.6) is 0 Å². The molecule has 2 N–H and O–H groups in total.